The van der Waals surface area contributed by atoms with Crippen LogP contribution in [0.5, 0.6) is 0 Å². The van der Waals surface area contributed by atoms with Crippen molar-refractivity contribution in [2.75, 3.05) is 39.3 Å². The molecule has 2 aliphatic heterocycles. The Morgan fingerprint density at radius 2 is 1.96 bits per heavy atom. The van der Waals surface area contributed by atoms with Crippen molar-refractivity contribution in [2.24, 2.45) is 5.73 Å². The summed E-state index contributed by atoms with van der Waals surface area (Å²) < 4.78 is 5.29. The monoisotopic (exact) mass is 326 g/mol. The Bertz CT molecular complexity index is 377. The summed E-state index contributed by atoms with van der Waals surface area (Å²) >= 11 is 0. The van der Waals surface area contributed by atoms with Gasteiger partial charge in [0, 0.05) is 38.3 Å². The Morgan fingerprint density at radius 1 is 1.26 bits per heavy atom. The number of alkyl carbamates (subject to hydrolysis) is 1. The first kappa shape index (κ1) is 18.5. The zero-order valence-electron chi connectivity index (χ0n) is 15.0. The van der Waals surface area contributed by atoms with Gasteiger partial charge in [-0.2, -0.15) is 0 Å². The lowest BCUT2D eigenvalue weighted by molar-refractivity contribution is 0.0510. The molecule has 0 bridgehead atoms. The van der Waals surface area contributed by atoms with Crippen LogP contribution in [0.4, 0.5) is 4.79 Å². The second kappa shape index (κ2) is 8.31. The average Bonchev–Trinajstić information content (AvgIpc) is 2.97. The summed E-state index contributed by atoms with van der Waals surface area (Å²) in [6, 6.07) is 0.850. The van der Waals surface area contributed by atoms with Crippen LogP contribution >= 0.6 is 0 Å². The van der Waals surface area contributed by atoms with Gasteiger partial charge in [-0.15, -0.1) is 0 Å². The first-order valence-corrected chi connectivity index (χ1v) is 9.04. The second-order valence-corrected chi connectivity index (χ2v) is 7.81. The van der Waals surface area contributed by atoms with Crippen molar-refractivity contribution in [1.29, 1.82) is 0 Å². The molecule has 2 saturated heterocycles. The van der Waals surface area contributed by atoms with Crippen molar-refractivity contribution in [3.63, 3.8) is 0 Å². The minimum atomic E-state index is -0.463. The molecule has 0 aromatic carbocycles. The number of likely N-dealkylation sites (tertiary alicyclic amines) is 2. The Hall–Kier alpha value is -0.850. The van der Waals surface area contributed by atoms with E-state index in [9.17, 15) is 4.79 Å². The van der Waals surface area contributed by atoms with E-state index in [2.05, 4.69) is 15.1 Å². The van der Waals surface area contributed by atoms with Crippen LogP contribution in [-0.2, 0) is 4.74 Å². The van der Waals surface area contributed by atoms with Crippen LogP contribution in [0.2, 0.25) is 0 Å². The summed E-state index contributed by atoms with van der Waals surface area (Å²) in [5, 5.41) is 2.87. The van der Waals surface area contributed by atoms with Crippen LogP contribution in [0.1, 0.15) is 46.5 Å². The summed E-state index contributed by atoms with van der Waals surface area (Å²) in [7, 11) is 0. The molecular weight excluding hydrogens is 292 g/mol. The van der Waals surface area contributed by atoms with E-state index >= 15 is 0 Å². The molecule has 0 spiro atoms. The van der Waals surface area contributed by atoms with Gasteiger partial charge in [-0.05, 0) is 53.1 Å². The Balaban J connectivity index is 1.76. The van der Waals surface area contributed by atoms with Gasteiger partial charge in [0.1, 0.15) is 5.60 Å². The fourth-order valence-electron chi connectivity index (χ4n) is 3.56. The zero-order chi connectivity index (χ0) is 16.9. The standard InChI is InChI=1S/C17H34N4O2/c1-17(2,3)23-16(22)19-12-15(11-18)21-10-7-14(13-21)20-8-5-4-6-9-20/h14-15H,4-13,18H2,1-3H3,(H,19,22). The number of carbonyl (C=O) groups excluding carboxylic acids is 1. The third-order valence-electron chi connectivity index (χ3n) is 4.77. The third-order valence-corrected chi connectivity index (χ3v) is 4.77. The molecule has 0 aromatic rings. The summed E-state index contributed by atoms with van der Waals surface area (Å²) in [6.07, 6.45) is 4.89. The van der Waals surface area contributed by atoms with E-state index in [1.54, 1.807) is 0 Å². The van der Waals surface area contributed by atoms with Crippen molar-refractivity contribution >= 4 is 6.09 Å². The van der Waals surface area contributed by atoms with Crippen LogP contribution < -0.4 is 11.1 Å². The van der Waals surface area contributed by atoms with Gasteiger partial charge in [0.25, 0.3) is 0 Å². The highest BCUT2D eigenvalue weighted by molar-refractivity contribution is 5.67. The molecule has 2 heterocycles. The van der Waals surface area contributed by atoms with Crippen molar-refractivity contribution in [1.82, 2.24) is 15.1 Å². The van der Waals surface area contributed by atoms with E-state index in [0.717, 1.165) is 13.1 Å². The molecular formula is C17H34N4O2. The van der Waals surface area contributed by atoms with E-state index in [1.807, 2.05) is 20.8 Å². The van der Waals surface area contributed by atoms with Gasteiger partial charge in [-0.25, -0.2) is 4.79 Å². The minimum absolute atomic E-state index is 0.192. The molecule has 2 atom stereocenters. The highest BCUT2D eigenvalue weighted by Gasteiger charge is 2.32. The largest absolute Gasteiger partial charge is 0.444 e. The zero-order valence-corrected chi connectivity index (χ0v) is 15.0. The number of hydrogen-bond donors (Lipinski definition) is 2. The van der Waals surface area contributed by atoms with E-state index in [4.69, 9.17) is 10.5 Å². The van der Waals surface area contributed by atoms with E-state index < -0.39 is 5.60 Å². The number of rotatable bonds is 5. The first-order valence-electron chi connectivity index (χ1n) is 9.04. The lowest BCUT2D eigenvalue weighted by Crippen LogP contribution is -2.49. The maximum absolute atomic E-state index is 11.8. The van der Waals surface area contributed by atoms with Gasteiger partial charge in [-0.1, -0.05) is 6.42 Å². The summed E-state index contributed by atoms with van der Waals surface area (Å²) in [4.78, 5) is 16.9. The first-order chi connectivity index (χ1) is 10.9. The van der Waals surface area contributed by atoms with Crippen molar-refractivity contribution in [3.8, 4) is 0 Å². The molecule has 0 radical (unpaired) electrons. The molecule has 23 heavy (non-hydrogen) atoms. The van der Waals surface area contributed by atoms with Gasteiger partial charge in [0.2, 0.25) is 0 Å². The van der Waals surface area contributed by atoms with Gasteiger partial charge in [0.15, 0.2) is 0 Å². The molecule has 2 fully saturated rings. The molecule has 0 saturated carbocycles. The minimum Gasteiger partial charge on any atom is -0.444 e. The third kappa shape index (κ3) is 5.94. The maximum atomic E-state index is 11.8. The van der Waals surface area contributed by atoms with Crippen molar-refractivity contribution in [3.05, 3.63) is 0 Å². The van der Waals surface area contributed by atoms with E-state index in [0.29, 0.717) is 19.1 Å². The predicted molar refractivity (Wildman–Crippen MR) is 92.5 cm³/mol. The van der Waals surface area contributed by atoms with Crippen molar-refractivity contribution in [2.45, 2.75) is 64.1 Å². The Labute approximate surface area is 140 Å². The lowest BCUT2D eigenvalue weighted by atomic mass is 10.1. The fraction of sp³-hybridized carbons (Fsp3) is 0.941. The van der Waals surface area contributed by atoms with E-state index in [-0.39, 0.29) is 12.1 Å². The second-order valence-electron chi connectivity index (χ2n) is 7.81. The smallest absolute Gasteiger partial charge is 0.407 e. The van der Waals surface area contributed by atoms with E-state index in [1.165, 1.54) is 38.8 Å². The number of nitrogens with two attached hydrogens (primary N) is 1. The molecule has 0 aromatic heterocycles. The number of amides is 1. The molecule has 0 aliphatic carbocycles. The number of hydrogen-bond acceptors (Lipinski definition) is 5. The molecule has 2 unspecified atom stereocenters. The van der Waals surface area contributed by atoms with Crippen molar-refractivity contribution < 1.29 is 9.53 Å². The fourth-order valence-corrected chi connectivity index (χ4v) is 3.56. The Kier molecular flexibility index (Phi) is 6.68. The summed E-state index contributed by atoms with van der Waals surface area (Å²) in [5.74, 6) is 0. The topological polar surface area (TPSA) is 70.8 Å². The molecule has 6 nitrogen and oxygen atoms in total. The van der Waals surface area contributed by atoms with Crippen LogP contribution in [0, 0.1) is 0 Å². The normalized spacial score (nSPS) is 25.3. The highest BCUT2D eigenvalue weighted by atomic mass is 16.6. The van der Waals surface area contributed by atoms with Crippen LogP contribution in [0.15, 0.2) is 0 Å². The van der Waals surface area contributed by atoms with Crippen LogP contribution in [0.25, 0.3) is 0 Å². The maximum Gasteiger partial charge on any atom is 0.407 e. The average molecular weight is 326 g/mol. The molecule has 2 aliphatic rings. The number of carbonyl (C=O) groups is 1. The molecule has 1 amide bonds. The summed E-state index contributed by atoms with van der Waals surface area (Å²) in [5.41, 5.74) is 5.48. The highest BCUT2D eigenvalue weighted by Crippen LogP contribution is 2.21. The summed E-state index contributed by atoms with van der Waals surface area (Å²) in [6.45, 7) is 11.3. The quantitative estimate of drug-likeness (QED) is 0.799. The number of ether oxygens (including phenoxy) is 1. The molecule has 3 N–H and O–H groups in total. The molecule has 2 rings (SSSR count). The van der Waals surface area contributed by atoms with Crippen LogP contribution in [-0.4, -0.2) is 72.8 Å². The van der Waals surface area contributed by atoms with Gasteiger partial charge in [0.05, 0.1) is 0 Å². The molecule has 134 valence electrons. The van der Waals surface area contributed by atoms with Crippen LogP contribution in [0.3, 0.4) is 0 Å². The Morgan fingerprint density at radius 3 is 2.57 bits per heavy atom. The number of nitrogens with zero attached hydrogens (tertiary/aromatic N) is 2. The van der Waals surface area contributed by atoms with Gasteiger partial charge in [-0.3, -0.25) is 9.80 Å². The van der Waals surface area contributed by atoms with Gasteiger partial charge >= 0.3 is 6.09 Å². The molecule has 6 heteroatoms. The van der Waals surface area contributed by atoms with Gasteiger partial charge < -0.3 is 15.8 Å². The predicted octanol–water partition coefficient (Wildman–Crippen LogP) is 1.40. The lowest BCUT2D eigenvalue weighted by Gasteiger charge is -2.33. The number of piperidine rings is 1. The SMILES string of the molecule is CC(C)(C)OC(=O)NCC(CN)N1CCC(N2CCCCC2)C1. The number of nitrogens with one attached hydrogen (secondary N) is 1.